The molecular weight excluding hydrogens is 615 g/mol. The highest BCUT2D eigenvalue weighted by Gasteiger charge is 2.33. The number of hydrogen-bond acceptors (Lipinski definition) is 8. The largest absolute Gasteiger partial charge is 0.450 e. The van der Waals surface area contributed by atoms with Crippen LogP contribution in [0.4, 0.5) is 15.5 Å². The van der Waals surface area contributed by atoms with Gasteiger partial charge in [-0.25, -0.2) is 17.9 Å². The number of amides is 2. The first-order chi connectivity index (χ1) is 21.6. The van der Waals surface area contributed by atoms with Crippen molar-refractivity contribution in [2.24, 2.45) is 0 Å². The number of benzene rings is 2. The predicted octanol–water partition coefficient (Wildman–Crippen LogP) is 5.16. The number of carbonyl (C=O) groups is 3. The van der Waals surface area contributed by atoms with Crippen molar-refractivity contribution in [2.75, 3.05) is 29.3 Å². The molecule has 0 radical (unpaired) electrons. The van der Waals surface area contributed by atoms with Crippen molar-refractivity contribution in [3.8, 4) is 0 Å². The van der Waals surface area contributed by atoms with E-state index in [0.717, 1.165) is 28.8 Å². The minimum atomic E-state index is -3.84. The van der Waals surface area contributed by atoms with Crippen LogP contribution in [0, 0.1) is 13.8 Å². The number of fused-ring (bicyclic) bond motifs is 2. The molecule has 0 saturated heterocycles. The molecule has 0 atom stereocenters. The fourth-order valence-corrected chi connectivity index (χ4v) is 8.65. The van der Waals surface area contributed by atoms with Crippen LogP contribution in [-0.4, -0.2) is 60.7 Å². The molecule has 2 aliphatic heterocycles. The molecule has 0 fully saturated rings. The first-order valence-corrected chi connectivity index (χ1v) is 17.0. The van der Waals surface area contributed by atoms with Crippen molar-refractivity contribution >= 4 is 50.0 Å². The molecule has 45 heavy (non-hydrogen) atoms. The van der Waals surface area contributed by atoms with Crippen LogP contribution in [-0.2, 0) is 34.1 Å². The lowest BCUT2D eigenvalue weighted by atomic mass is 10.0. The molecule has 2 aliphatic rings. The first kappa shape index (κ1) is 30.5. The van der Waals surface area contributed by atoms with E-state index < -0.39 is 22.0 Å². The molecule has 0 spiro atoms. The van der Waals surface area contributed by atoms with Crippen LogP contribution in [0.3, 0.4) is 0 Å². The van der Waals surface area contributed by atoms with E-state index in [1.807, 2.05) is 24.3 Å². The summed E-state index contributed by atoms with van der Waals surface area (Å²) in [6.07, 6.45) is 1.51. The van der Waals surface area contributed by atoms with Crippen LogP contribution in [0.5, 0.6) is 0 Å². The maximum atomic E-state index is 13.8. The Labute approximate surface area is 265 Å². The topological polar surface area (TPSA) is 131 Å². The van der Waals surface area contributed by atoms with E-state index in [0.29, 0.717) is 47.2 Å². The Balaban J connectivity index is 1.28. The van der Waals surface area contributed by atoms with Gasteiger partial charge < -0.3 is 15.0 Å². The van der Waals surface area contributed by atoms with E-state index in [9.17, 15) is 22.8 Å². The van der Waals surface area contributed by atoms with Crippen LogP contribution >= 0.6 is 11.3 Å². The lowest BCUT2D eigenvalue weighted by Crippen LogP contribution is -2.36. The number of carbonyl (C=O) groups excluding carboxylic acids is 3. The number of anilines is 2. The number of aromatic nitrogens is 2. The van der Waals surface area contributed by atoms with Gasteiger partial charge in [-0.15, -0.1) is 11.3 Å². The summed E-state index contributed by atoms with van der Waals surface area (Å²) in [5.41, 5.74) is 4.33. The Morgan fingerprint density at radius 2 is 1.78 bits per heavy atom. The quantitative estimate of drug-likeness (QED) is 0.306. The Morgan fingerprint density at radius 3 is 2.49 bits per heavy atom. The second kappa shape index (κ2) is 12.1. The molecule has 234 valence electrons. The number of nitrogens with zero attached hydrogens (tertiary/aromatic N) is 4. The third-order valence-electron chi connectivity index (χ3n) is 8.00. The fourth-order valence-electron chi connectivity index (χ4n) is 5.86. The molecule has 2 aromatic heterocycles. The number of thiophene rings is 1. The van der Waals surface area contributed by atoms with Gasteiger partial charge in [0, 0.05) is 29.2 Å². The van der Waals surface area contributed by atoms with Crippen molar-refractivity contribution in [3.63, 3.8) is 0 Å². The molecule has 13 heteroatoms. The highest BCUT2D eigenvalue weighted by molar-refractivity contribution is 7.92. The van der Waals surface area contributed by atoms with Crippen molar-refractivity contribution in [1.82, 2.24) is 14.7 Å². The van der Waals surface area contributed by atoms with Gasteiger partial charge in [0.1, 0.15) is 5.00 Å². The van der Waals surface area contributed by atoms with Crippen LogP contribution in [0.1, 0.15) is 61.5 Å². The van der Waals surface area contributed by atoms with Gasteiger partial charge in [0.2, 0.25) is 0 Å². The Morgan fingerprint density at radius 1 is 1.02 bits per heavy atom. The summed E-state index contributed by atoms with van der Waals surface area (Å²) in [6.45, 7) is 6.57. The smallest absolute Gasteiger partial charge is 0.410 e. The van der Waals surface area contributed by atoms with Crippen molar-refractivity contribution in [1.29, 1.82) is 0 Å². The van der Waals surface area contributed by atoms with Crippen molar-refractivity contribution in [2.45, 2.75) is 51.5 Å². The third-order valence-corrected chi connectivity index (χ3v) is 11.0. The number of nitrogens with one attached hydrogen (secondary N) is 1. The van der Waals surface area contributed by atoms with Crippen molar-refractivity contribution in [3.05, 3.63) is 93.1 Å². The van der Waals surface area contributed by atoms with Crippen LogP contribution in [0.15, 0.2) is 59.5 Å². The highest BCUT2D eigenvalue weighted by atomic mass is 32.2. The van der Waals surface area contributed by atoms with Gasteiger partial charge in [0.15, 0.2) is 0 Å². The fraction of sp³-hybridized carbons (Fsp3) is 0.312. The van der Waals surface area contributed by atoms with Gasteiger partial charge in [-0.2, -0.15) is 5.10 Å². The molecule has 0 bridgehead atoms. The SMILES string of the molecule is CCOC(=O)N1CCc2c(sc(NC(=O)c3ccc(S(=O)(=O)N4CCCc5ccccc54)cc3)c2C(=O)n2nc(C)cc2C)C1. The first-order valence-electron chi connectivity index (χ1n) is 14.7. The van der Waals surface area contributed by atoms with Crippen LogP contribution in [0.25, 0.3) is 0 Å². The maximum Gasteiger partial charge on any atom is 0.410 e. The number of ether oxygens (including phenoxy) is 1. The van der Waals surface area contributed by atoms with E-state index in [2.05, 4.69) is 10.4 Å². The minimum absolute atomic E-state index is 0.0850. The van der Waals surface area contributed by atoms with Gasteiger partial charge in [-0.05, 0) is 87.6 Å². The molecule has 6 rings (SSSR count). The van der Waals surface area contributed by atoms with Gasteiger partial charge in [0.05, 0.1) is 35.0 Å². The second-order valence-electron chi connectivity index (χ2n) is 11.0. The van der Waals surface area contributed by atoms with Gasteiger partial charge >= 0.3 is 6.09 Å². The molecule has 1 N–H and O–H groups in total. The van der Waals surface area contributed by atoms with E-state index in [1.165, 1.54) is 44.6 Å². The third kappa shape index (κ3) is 5.73. The van der Waals surface area contributed by atoms with E-state index >= 15 is 0 Å². The number of hydrogen-bond donors (Lipinski definition) is 1. The summed E-state index contributed by atoms with van der Waals surface area (Å²) in [5.74, 6) is -0.869. The zero-order valence-corrected chi connectivity index (χ0v) is 26.8. The predicted molar refractivity (Wildman–Crippen MR) is 171 cm³/mol. The lowest BCUT2D eigenvalue weighted by Gasteiger charge is -2.30. The molecular formula is C32H33N5O6S2. The van der Waals surface area contributed by atoms with Crippen LogP contribution in [0.2, 0.25) is 0 Å². The summed E-state index contributed by atoms with van der Waals surface area (Å²) in [4.78, 5) is 42.2. The zero-order chi connectivity index (χ0) is 31.9. The Hall–Kier alpha value is -4.49. The molecule has 4 aromatic rings. The number of sulfonamides is 1. The minimum Gasteiger partial charge on any atom is -0.450 e. The molecule has 4 heterocycles. The number of rotatable bonds is 6. The van der Waals surface area contributed by atoms with E-state index in [4.69, 9.17) is 4.74 Å². The zero-order valence-electron chi connectivity index (χ0n) is 25.2. The van der Waals surface area contributed by atoms with Crippen LogP contribution < -0.4 is 9.62 Å². The summed E-state index contributed by atoms with van der Waals surface area (Å²) in [6, 6.07) is 15.1. The average Bonchev–Trinajstić information content (AvgIpc) is 3.57. The molecule has 2 amide bonds. The maximum absolute atomic E-state index is 13.8. The molecule has 0 aliphatic carbocycles. The molecule has 2 aromatic carbocycles. The Kier molecular flexibility index (Phi) is 8.23. The molecule has 0 unspecified atom stereocenters. The summed E-state index contributed by atoms with van der Waals surface area (Å²) < 4.78 is 35.1. The highest BCUT2D eigenvalue weighted by Crippen LogP contribution is 2.38. The van der Waals surface area contributed by atoms with Crippen molar-refractivity contribution < 1.29 is 27.5 Å². The normalized spacial score (nSPS) is 14.5. The summed E-state index contributed by atoms with van der Waals surface area (Å²) in [5, 5.41) is 7.59. The standard InChI is InChI=1S/C32H33N5O6S2/c1-4-43-32(40)35-17-15-25-27(19-35)44-30(28(25)31(39)37-21(3)18-20(2)34-37)33-29(38)23-11-13-24(14-12-23)45(41,42)36-16-7-9-22-8-5-6-10-26(22)36/h5-6,8,10-14,18H,4,7,9,15-17,19H2,1-3H3,(H,33,38). The van der Waals surface area contributed by atoms with Gasteiger partial charge in [-0.1, -0.05) is 18.2 Å². The average molecular weight is 648 g/mol. The lowest BCUT2D eigenvalue weighted by molar-refractivity contribution is 0.0941. The van der Waals surface area contributed by atoms with E-state index in [-0.39, 0.29) is 29.5 Å². The monoisotopic (exact) mass is 647 g/mol. The van der Waals surface area contributed by atoms with Gasteiger partial charge in [0.25, 0.3) is 21.8 Å². The van der Waals surface area contributed by atoms with Gasteiger partial charge in [-0.3, -0.25) is 13.9 Å². The Bertz CT molecular complexity index is 1910. The second-order valence-corrected chi connectivity index (χ2v) is 14.0. The summed E-state index contributed by atoms with van der Waals surface area (Å²) in [7, 11) is -3.84. The molecule has 11 nitrogen and oxygen atoms in total. The summed E-state index contributed by atoms with van der Waals surface area (Å²) >= 11 is 1.23. The number of aryl methyl sites for hydroxylation is 3. The molecule has 0 saturated carbocycles. The van der Waals surface area contributed by atoms with E-state index in [1.54, 1.807) is 31.7 Å². The number of para-hydroxylation sites is 1.